The molecule has 0 saturated heterocycles. The van der Waals surface area contributed by atoms with Gasteiger partial charge in [-0.2, -0.15) is 0 Å². The van der Waals surface area contributed by atoms with Gasteiger partial charge < -0.3 is 14.6 Å². The Morgan fingerprint density at radius 3 is 2.95 bits per heavy atom. The summed E-state index contributed by atoms with van der Waals surface area (Å²) in [7, 11) is 1.94. The van der Waals surface area contributed by atoms with Crippen LogP contribution in [0.2, 0.25) is 0 Å². The topological polar surface area (TPSA) is 39.1 Å². The maximum absolute atomic E-state index is 5.94. The number of benzene rings is 1. The highest BCUT2D eigenvalue weighted by molar-refractivity contribution is 9.10. The number of nitrogens with zero attached hydrogens (tertiary/aromatic N) is 2. The Bertz CT molecular complexity index is 526. The SMILES string of the molecule is CNCc1cc(Br)cc(C)c1OCCn1ccnc1. The average molecular weight is 324 g/mol. The Morgan fingerprint density at radius 2 is 2.26 bits per heavy atom. The smallest absolute Gasteiger partial charge is 0.126 e. The summed E-state index contributed by atoms with van der Waals surface area (Å²) in [6, 6.07) is 4.17. The summed E-state index contributed by atoms with van der Waals surface area (Å²) in [5.74, 6) is 0.970. The molecule has 5 heteroatoms. The largest absolute Gasteiger partial charge is 0.491 e. The highest BCUT2D eigenvalue weighted by Crippen LogP contribution is 2.28. The zero-order chi connectivity index (χ0) is 13.7. The molecule has 0 spiro atoms. The van der Waals surface area contributed by atoms with Gasteiger partial charge in [0.2, 0.25) is 0 Å². The third-order valence-corrected chi connectivity index (χ3v) is 3.30. The molecule has 0 aliphatic heterocycles. The predicted octanol–water partition coefficient (Wildman–Crippen LogP) is 2.75. The summed E-state index contributed by atoms with van der Waals surface area (Å²) in [6.45, 7) is 4.29. The van der Waals surface area contributed by atoms with Gasteiger partial charge in [-0.15, -0.1) is 0 Å². The third kappa shape index (κ3) is 3.81. The van der Waals surface area contributed by atoms with Gasteiger partial charge in [-0.05, 0) is 31.7 Å². The van der Waals surface area contributed by atoms with Gasteiger partial charge in [-0.3, -0.25) is 0 Å². The van der Waals surface area contributed by atoms with Gasteiger partial charge in [-0.1, -0.05) is 15.9 Å². The van der Waals surface area contributed by atoms with Crippen molar-refractivity contribution in [1.82, 2.24) is 14.9 Å². The molecule has 2 rings (SSSR count). The first-order valence-corrected chi connectivity index (χ1v) is 7.02. The number of halogens is 1. The van der Waals surface area contributed by atoms with Crippen molar-refractivity contribution in [3.8, 4) is 5.75 Å². The van der Waals surface area contributed by atoms with Crippen molar-refractivity contribution in [3.63, 3.8) is 0 Å². The van der Waals surface area contributed by atoms with E-state index < -0.39 is 0 Å². The summed E-state index contributed by atoms with van der Waals surface area (Å²) in [5.41, 5.74) is 2.31. The molecule has 0 amide bonds. The molecule has 1 heterocycles. The van der Waals surface area contributed by atoms with Crippen LogP contribution in [0.25, 0.3) is 0 Å². The highest BCUT2D eigenvalue weighted by atomic mass is 79.9. The lowest BCUT2D eigenvalue weighted by atomic mass is 10.1. The molecule has 19 heavy (non-hydrogen) atoms. The lowest BCUT2D eigenvalue weighted by molar-refractivity contribution is 0.293. The molecule has 4 nitrogen and oxygen atoms in total. The summed E-state index contributed by atoms with van der Waals surface area (Å²) in [6.07, 6.45) is 5.51. The molecule has 0 radical (unpaired) electrons. The first-order valence-electron chi connectivity index (χ1n) is 6.23. The minimum absolute atomic E-state index is 0.634. The van der Waals surface area contributed by atoms with Crippen LogP contribution in [0.3, 0.4) is 0 Å². The van der Waals surface area contributed by atoms with E-state index >= 15 is 0 Å². The van der Waals surface area contributed by atoms with E-state index in [1.165, 1.54) is 5.56 Å². The van der Waals surface area contributed by atoms with E-state index in [1.54, 1.807) is 12.5 Å². The van der Waals surface area contributed by atoms with E-state index in [0.717, 1.165) is 28.9 Å². The van der Waals surface area contributed by atoms with Crippen molar-refractivity contribution in [2.75, 3.05) is 13.7 Å². The summed E-state index contributed by atoms with van der Waals surface area (Å²) >= 11 is 3.52. The number of nitrogens with one attached hydrogen (secondary N) is 1. The molecular weight excluding hydrogens is 306 g/mol. The summed E-state index contributed by atoms with van der Waals surface area (Å²) < 4.78 is 9.03. The van der Waals surface area contributed by atoms with Gasteiger partial charge in [0.1, 0.15) is 12.4 Å². The lowest BCUT2D eigenvalue weighted by Gasteiger charge is -2.15. The van der Waals surface area contributed by atoms with Crippen LogP contribution in [0, 0.1) is 6.92 Å². The molecule has 0 aliphatic carbocycles. The fraction of sp³-hybridized carbons (Fsp3) is 0.357. The molecule has 0 atom stereocenters. The van der Waals surface area contributed by atoms with Crippen LogP contribution in [0.5, 0.6) is 5.75 Å². The Kier molecular flexibility index (Phi) is 4.99. The van der Waals surface area contributed by atoms with E-state index in [2.05, 4.69) is 45.3 Å². The zero-order valence-electron chi connectivity index (χ0n) is 11.2. The number of ether oxygens (including phenoxy) is 1. The molecule has 2 aromatic rings. The van der Waals surface area contributed by atoms with Crippen LogP contribution in [0.4, 0.5) is 0 Å². The van der Waals surface area contributed by atoms with E-state index in [0.29, 0.717) is 6.61 Å². The van der Waals surface area contributed by atoms with E-state index in [-0.39, 0.29) is 0 Å². The molecule has 0 unspecified atom stereocenters. The van der Waals surface area contributed by atoms with Gasteiger partial charge in [0.05, 0.1) is 12.9 Å². The van der Waals surface area contributed by atoms with Crippen molar-refractivity contribution in [2.24, 2.45) is 0 Å². The molecule has 0 fully saturated rings. The van der Waals surface area contributed by atoms with Gasteiger partial charge >= 0.3 is 0 Å². The number of hydrogen-bond acceptors (Lipinski definition) is 3. The Morgan fingerprint density at radius 1 is 1.42 bits per heavy atom. The number of imidazole rings is 1. The molecule has 0 aliphatic rings. The van der Waals surface area contributed by atoms with Gasteiger partial charge in [0.15, 0.2) is 0 Å². The third-order valence-electron chi connectivity index (χ3n) is 2.84. The Hall–Kier alpha value is -1.33. The fourth-order valence-corrected chi connectivity index (χ4v) is 2.62. The standard InChI is InChI=1S/C14H18BrN3O/c1-11-7-13(15)8-12(9-16-2)14(11)19-6-5-18-4-3-17-10-18/h3-4,7-8,10,16H,5-6,9H2,1-2H3. The molecule has 1 aromatic heterocycles. The minimum atomic E-state index is 0.634. The molecule has 102 valence electrons. The number of rotatable bonds is 6. The molecule has 0 saturated carbocycles. The minimum Gasteiger partial charge on any atom is -0.491 e. The number of aromatic nitrogens is 2. The molecule has 0 bridgehead atoms. The van der Waals surface area contributed by atoms with E-state index in [9.17, 15) is 0 Å². The monoisotopic (exact) mass is 323 g/mol. The molecular formula is C14H18BrN3O. The van der Waals surface area contributed by atoms with Gasteiger partial charge in [0.25, 0.3) is 0 Å². The van der Waals surface area contributed by atoms with Gasteiger partial charge in [-0.25, -0.2) is 4.98 Å². The highest BCUT2D eigenvalue weighted by Gasteiger charge is 2.08. The van der Waals surface area contributed by atoms with Crippen LogP contribution >= 0.6 is 15.9 Å². The average Bonchev–Trinajstić information content (AvgIpc) is 2.86. The quantitative estimate of drug-likeness (QED) is 0.888. The van der Waals surface area contributed by atoms with Crippen LogP contribution in [0.15, 0.2) is 35.3 Å². The Labute approximate surface area is 121 Å². The molecule has 1 N–H and O–H groups in total. The van der Waals surface area contributed by atoms with Crippen LogP contribution in [0.1, 0.15) is 11.1 Å². The van der Waals surface area contributed by atoms with Crippen LogP contribution in [-0.2, 0) is 13.1 Å². The van der Waals surface area contributed by atoms with Crippen molar-refractivity contribution in [2.45, 2.75) is 20.0 Å². The zero-order valence-corrected chi connectivity index (χ0v) is 12.8. The van der Waals surface area contributed by atoms with Crippen molar-refractivity contribution >= 4 is 15.9 Å². The molecule has 1 aromatic carbocycles. The summed E-state index contributed by atoms with van der Waals surface area (Å²) in [5, 5.41) is 3.17. The lowest BCUT2D eigenvalue weighted by Crippen LogP contribution is -2.11. The first-order chi connectivity index (χ1) is 9.20. The predicted molar refractivity (Wildman–Crippen MR) is 79.4 cm³/mol. The van der Waals surface area contributed by atoms with Gasteiger partial charge in [0, 0.05) is 29.0 Å². The van der Waals surface area contributed by atoms with Crippen molar-refractivity contribution in [1.29, 1.82) is 0 Å². The van der Waals surface area contributed by atoms with Crippen molar-refractivity contribution in [3.05, 3.63) is 46.5 Å². The summed E-state index contributed by atoms with van der Waals surface area (Å²) in [4.78, 5) is 4.02. The second-order valence-electron chi connectivity index (χ2n) is 4.39. The number of hydrogen-bond donors (Lipinski definition) is 1. The second-order valence-corrected chi connectivity index (χ2v) is 5.31. The Balaban J connectivity index is 2.05. The maximum Gasteiger partial charge on any atom is 0.126 e. The maximum atomic E-state index is 5.94. The van der Waals surface area contributed by atoms with Crippen LogP contribution in [-0.4, -0.2) is 23.2 Å². The normalized spacial score (nSPS) is 10.7. The van der Waals surface area contributed by atoms with E-state index in [1.807, 2.05) is 17.8 Å². The fourth-order valence-electron chi connectivity index (χ4n) is 2.00. The second kappa shape index (κ2) is 6.73. The van der Waals surface area contributed by atoms with E-state index in [4.69, 9.17) is 4.74 Å². The van der Waals surface area contributed by atoms with Crippen LogP contribution < -0.4 is 10.1 Å². The number of aryl methyl sites for hydroxylation is 1. The first kappa shape index (κ1) is 14.1. The van der Waals surface area contributed by atoms with Crippen molar-refractivity contribution < 1.29 is 4.74 Å².